The Labute approximate surface area is 155 Å². The second kappa shape index (κ2) is 7.91. The van der Waals surface area contributed by atoms with Crippen LogP contribution in [0, 0.1) is 13.8 Å². The Hall–Kier alpha value is -2.34. The third-order valence-electron chi connectivity index (χ3n) is 4.18. The van der Waals surface area contributed by atoms with Crippen molar-refractivity contribution in [2.45, 2.75) is 44.7 Å². The minimum Gasteiger partial charge on any atom is -0.481 e. The van der Waals surface area contributed by atoms with Gasteiger partial charge in [-0.25, -0.2) is 8.42 Å². The first kappa shape index (κ1) is 20.0. The fourth-order valence-corrected chi connectivity index (χ4v) is 3.13. The van der Waals surface area contributed by atoms with E-state index in [1.807, 2.05) is 39.0 Å². The summed E-state index contributed by atoms with van der Waals surface area (Å²) in [5, 5.41) is 2.90. The topological polar surface area (TPSA) is 72.5 Å². The van der Waals surface area contributed by atoms with E-state index < -0.39 is 15.9 Å². The molecule has 0 aliphatic rings. The minimum atomic E-state index is -3.23. The summed E-state index contributed by atoms with van der Waals surface area (Å²) < 4.78 is 28.8. The predicted octanol–water partition coefficient (Wildman–Crippen LogP) is 3.35. The molecule has 5 nitrogen and oxygen atoms in total. The molecule has 2 unspecified atom stereocenters. The highest BCUT2D eigenvalue weighted by molar-refractivity contribution is 7.90. The van der Waals surface area contributed by atoms with Crippen molar-refractivity contribution in [3.8, 4) is 5.75 Å². The van der Waals surface area contributed by atoms with Gasteiger partial charge < -0.3 is 10.1 Å². The minimum absolute atomic E-state index is 0.231. The van der Waals surface area contributed by atoms with Gasteiger partial charge in [0, 0.05) is 6.26 Å². The molecule has 2 atom stereocenters. The van der Waals surface area contributed by atoms with E-state index in [0.717, 1.165) is 16.7 Å². The van der Waals surface area contributed by atoms with Gasteiger partial charge in [0.1, 0.15) is 5.75 Å². The molecule has 2 aromatic rings. The number of aryl methyl sites for hydroxylation is 2. The number of ether oxygens (including phenoxy) is 1. The van der Waals surface area contributed by atoms with Crippen LogP contribution >= 0.6 is 0 Å². The molecule has 0 spiro atoms. The highest BCUT2D eigenvalue weighted by Crippen LogP contribution is 2.21. The summed E-state index contributed by atoms with van der Waals surface area (Å²) in [6.07, 6.45) is 0.521. The fourth-order valence-electron chi connectivity index (χ4n) is 2.50. The summed E-state index contributed by atoms with van der Waals surface area (Å²) >= 11 is 0. The summed E-state index contributed by atoms with van der Waals surface area (Å²) in [7, 11) is -3.23. The molecule has 0 bridgehead atoms. The molecule has 1 N–H and O–H groups in total. The Kier molecular flexibility index (Phi) is 6.08. The number of rotatable bonds is 6. The average molecular weight is 375 g/mol. The highest BCUT2D eigenvalue weighted by Gasteiger charge is 2.19. The van der Waals surface area contributed by atoms with Crippen molar-refractivity contribution in [2.75, 3.05) is 6.26 Å². The van der Waals surface area contributed by atoms with E-state index in [2.05, 4.69) is 5.32 Å². The van der Waals surface area contributed by atoms with Crippen molar-refractivity contribution in [2.24, 2.45) is 0 Å². The predicted molar refractivity (Wildman–Crippen MR) is 102 cm³/mol. The van der Waals surface area contributed by atoms with Gasteiger partial charge in [0.25, 0.3) is 5.91 Å². The largest absolute Gasteiger partial charge is 0.481 e. The zero-order valence-corrected chi connectivity index (χ0v) is 16.6. The van der Waals surface area contributed by atoms with Gasteiger partial charge in [-0.2, -0.15) is 0 Å². The third kappa shape index (κ3) is 5.08. The maximum absolute atomic E-state index is 12.4. The lowest BCUT2D eigenvalue weighted by molar-refractivity contribution is -0.127. The molecule has 26 heavy (non-hydrogen) atoms. The number of hydrogen-bond donors (Lipinski definition) is 1. The van der Waals surface area contributed by atoms with Crippen molar-refractivity contribution < 1.29 is 17.9 Å². The summed E-state index contributed by atoms with van der Waals surface area (Å²) in [6.45, 7) is 7.46. The van der Waals surface area contributed by atoms with Crippen LogP contribution in [0.3, 0.4) is 0 Å². The van der Waals surface area contributed by atoms with Gasteiger partial charge in [-0.05, 0) is 62.6 Å². The van der Waals surface area contributed by atoms with Crippen molar-refractivity contribution in [1.82, 2.24) is 5.32 Å². The van der Waals surface area contributed by atoms with Crippen molar-refractivity contribution in [3.05, 3.63) is 59.2 Å². The van der Waals surface area contributed by atoms with Gasteiger partial charge in [0.2, 0.25) is 0 Å². The van der Waals surface area contributed by atoms with Crippen LogP contribution in [0.2, 0.25) is 0 Å². The number of sulfone groups is 1. The van der Waals surface area contributed by atoms with E-state index in [1.54, 1.807) is 31.2 Å². The Morgan fingerprint density at radius 1 is 1.04 bits per heavy atom. The van der Waals surface area contributed by atoms with E-state index >= 15 is 0 Å². The van der Waals surface area contributed by atoms with Gasteiger partial charge >= 0.3 is 0 Å². The quantitative estimate of drug-likeness (QED) is 0.840. The van der Waals surface area contributed by atoms with Gasteiger partial charge in [-0.3, -0.25) is 4.79 Å². The molecular weight excluding hydrogens is 350 g/mol. The SMILES string of the molecule is Cc1ccc(C)c(OC(C)C(=O)NC(C)c2ccc(S(C)(=O)=O)cc2)c1. The summed E-state index contributed by atoms with van der Waals surface area (Å²) in [5.41, 5.74) is 2.86. The molecule has 0 aliphatic heterocycles. The van der Waals surface area contributed by atoms with Crippen molar-refractivity contribution >= 4 is 15.7 Å². The van der Waals surface area contributed by atoms with Gasteiger partial charge in [-0.1, -0.05) is 24.3 Å². The summed E-state index contributed by atoms with van der Waals surface area (Å²) in [6, 6.07) is 12.1. The van der Waals surface area contributed by atoms with Crippen LogP contribution in [0.4, 0.5) is 0 Å². The van der Waals surface area contributed by atoms with Crippen LogP contribution in [-0.4, -0.2) is 26.7 Å². The normalized spacial score (nSPS) is 13.7. The Bertz CT molecular complexity index is 889. The van der Waals surface area contributed by atoms with Gasteiger partial charge in [0.05, 0.1) is 10.9 Å². The lowest BCUT2D eigenvalue weighted by atomic mass is 10.1. The molecule has 0 saturated heterocycles. The standard InChI is InChI=1S/C20H25NO4S/c1-13-6-7-14(2)19(12-13)25-16(4)20(22)21-15(3)17-8-10-18(11-9-17)26(5,23)24/h6-12,15-16H,1-5H3,(H,21,22). The Morgan fingerprint density at radius 3 is 2.23 bits per heavy atom. The Balaban J connectivity index is 2.02. The second-order valence-electron chi connectivity index (χ2n) is 6.60. The molecule has 1 amide bonds. The van der Waals surface area contributed by atoms with Crippen LogP contribution < -0.4 is 10.1 Å². The number of hydrogen-bond acceptors (Lipinski definition) is 4. The van der Waals surface area contributed by atoms with E-state index in [-0.39, 0.29) is 16.8 Å². The highest BCUT2D eigenvalue weighted by atomic mass is 32.2. The van der Waals surface area contributed by atoms with Crippen LogP contribution in [0.5, 0.6) is 5.75 Å². The number of nitrogens with one attached hydrogen (secondary N) is 1. The maximum atomic E-state index is 12.4. The number of carbonyl (C=O) groups is 1. The monoisotopic (exact) mass is 375 g/mol. The summed E-state index contributed by atoms with van der Waals surface area (Å²) in [4.78, 5) is 12.7. The zero-order chi connectivity index (χ0) is 19.5. The Morgan fingerprint density at radius 2 is 1.65 bits per heavy atom. The van der Waals surface area contributed by atoms with Crippen LogP contribution in [0.1, 0.15) is 36.6 Å². The first-order valence-electron chi connectivity index (χ1n) is 8.42. The van der Waals surface area contributed by atoms with E-state index in [1.165, 1.54) is 6.26 Å². The average Bonchev–Trinajstić information content (AvgIpc) is 2.57. The second-order valence-corrected chi connectivity index (χ2v) is 8.62. The molecule has 0 heterocycles. The van der Waals surface area contributed by atoms with Gasteiger partial charge in [0.15, 0.2) is 15.9 Å². The molecule has 2 aromatic carbocycles. The van der Waals surface area contributed by atoms with Crippen LogP contribution in [0.25, 0.3) is 0 Å². The molecule has 0 aromatic heterocycles. The molecule has 2 rings (SSSR count). The van der Waals surface area contributed by atoms with E-state index in [4.69, 9.17) is 4.74 Å². The molecule has 0 aliphatic carbocycles. The van der Waals surface area contributed by atoms with Crippen LogP contribution in [0.15, 0.2) is 47.4 Å². The van der Waals surface area contributed by atoms with E-state index in [9.17, 15) is 13.2 Å². The molecule has 0 fully saturated rings. The first-order chi connectivity index (χ1) is 12.1. The number of amides is 1. The fraction of sp³-hybridized carbons (Fsp3) is 0.350. The molecule has 140 valence electrons. The molecule has 6 heteroatoms. The lowest BCUT2D eigenvalue weighted by Gasteiger charge is -2.20. The smallest absolute Gasteiger partial charge is 0.261 e. The van der Waals surface area contributed by atoms with Crippen LogP contribution in [-0.2, 0) is 14.6 Å². The van der Waals surface area contributed by atoms with Crippen molar-refractivity contribution in [3.63, 3.8) is 0 Å². The third-order valence-corrected chi connectivity index (χ3v) is 5.31. The van der Waals surface area contributed by atoms with E-state index in [0.29, 0.717) is 5.75 Å². The first-order valence-corrected chi connectivity index (χ1v) is 10.3. The number of benzene rings is 2. The number of carbonyl (C=O) groups excluding carboxylic acids is 1. The maximum Gasteiger partial charge on any atom is 0.261 e. The molecular formula is C20H25NO4S. The molecule has 0 saturated carbocycles. The molecule has 0 radical (unpaired) electrons. The summed E-state index contributed by atoms with van der Waals surface area (Å²) in [5.74, 6) is 0.461. The zero-order valence-electron chi connectivity index (χ0n) is 15.7. The lowest BCUT2D eigenvalue weighted by Crippen LogP contribution is -2.37. The van der Waals surface area contributed by atoms with Gasteiger partial charge in [-0.15, -0.1) is 0 Å². The van der Waals surface area contributed by atoms with Crippen molar-refractivity contribution in [1.29, 1.82) is 0 Å².